The number of hydrogen-bond donors (Lipinski definition) is 0. The lowest BCUT2D eigenvalue weighted by molar-refractivity contribution is 0.0456. The minimum atomic E-state index is -3.55. The van der Waals surface area contributed by atoms with Crippen LogP contribution in [0.3, 0.4) is 0 Å². The highest BCUT2D eigenvalue weighted by Crippen LogP contribution is 2.16. The van der Waals surface area contributed by atoms with Crippen LogP contribution in [-0.4, -0.2) is 52.0 Å². The molecule has 10 heteroatoms. The van der Waals surface area contributed by atoms with E-state index in [0.29, 0.717) is 25.5 Å². The van der Waals surface area contributed by atoms with E-state index in [9.17, 15) is 13.2 Å². The van der Waals surface area contributed by atoms with Gasteiger partial charge in [0.05, 0.1) is 10.5 Å². The van der Waals surface area contributed by atoms with Gasteiger partial charge in [-0.05, 0) is 41.1 Å². The van der Waals surface area contributed by atoms with Gasteiger partial charge in [-0.25, -0.2) is 17.9 Å². The van der Waals surface area contributed by atoms with Crippen LogP contribution in [0.2, 0.25) is 0 Å². The molecule has 0 N–H and O–H groups in total. The van der Waals surface area contributed by atoms with Crippen LogP contribution in [-0.2, 0) is 27.9 Å². The first-order chi connectivity index (χ1) is 12.4. The molecule has 0 fully saturated rings. The van der Waals surface area contributed by atoms with E-state index in [1.54, 1.807) is 18.5 Å². The van der Waals surface area contributed by atoms with Crippen molar-refractivity contribution >= 4 is 16.0 Å². The molecular formula is C16H23N5O4S. The summed E-state index contributed by atoms with van der Waals surface area (Å²) < 4.78 is 33.0. The number of benzene rings is 1. The van der Waals surface area contributed by atoms with Crippen LogP contribution >= 0.6 is 0 Å². The molecule has 0 unspecified atom stereocenters. The highest BCUT2D eigenvalue weighted by molar-refractivity contribution is 7.89. The van der Waals surface area contributed by atoms with Crippen molar-refractivity contribution in [3.63, 3.8) is 0 Å². The average molecular weight is 381 g/mol. The van der Waals surface area contributed by atoms with Crippen LogP contribution in [0.25, 0.3) is 0 Å². The average Bonchev–Trinajstić information content (AvgIpc) is 3.08. The maximum absolute atomic E-state index is 12.4. The van der Waals surface area contributed by atoms with Gasteiger partial charge in [0.1, 0.15) is 0 Å². The quantitative estimate of drug-likeness (QED) is 0.605. The summed E-state index contributed by atoms with van der Waals surface area (Å²) in [6, 6.07) is 5.69. The van der Waals surface area contributed by atoms with E-state index in [1.807, 2.05) is 6.92 Å². The number of esters is 1. The van der Waals surface area contributed by atoms with Crippen LogP contribution in [0, 0.1) is 0 Å². The molecule has 0 radical (unpaired) electrons. The lowest BCUT2D eigenvalue weighted by Gasteiger charge is -2.18. The number of tetrazole rings is 1. The third kappa shape index (κ3) is 4.44. The Balaban J connectivity index is 2.06. The van der Waals surface area contributed by atoms with Crippen molar-refractivity contribution < 1.29 is 17.9 Å². The predicted octanol–water partition coefficient (Wildman–Crippen LogP) is 1.47. The molecule has 0 aliphatic rings. The largest absolute Gasteiger partial charge is 0.454 e. The minimum absolute atomic E-state index is 0.0503. The maximum atomic E-state index is 12.4. The van der Waals surface area contributed by atoms with Crippen molar-refractivity contribution in [3.8, 4) is 0 Å². The highest BCUT2D eigenvalue weighted by Gasteiger charge is 2.22. The second-order valence-corrected chi connectivity index (χ2v) is 7.45. The second-order valence-electron chi connectivity index (χ2n) is 5.51. The molecule has 142 valence electrons. The van der Waals surface area contributed by atoms with Gasteiger partial charge in [-0.1, -0.05) is 20.8 Å². The first kappa shape index (κ1) is 20.0. The zero-order valence-electron chi connectivity index (χ0n) is 15.1. The van der Waals surface area contributed by atoms with Gasteiger partial charge in [0.25, 0.3) is 0 Å². The normalized spacial score (nSPS) is 11.7. The van der Waals surface area contributed by atoms with E-state index >= 15 is 0 Å². The van der Waals surface area contributed by atoms with Gasteiger partial charge < -0.3 is 4.74 Å². The number of rotatable bonds is 9. The number of aryl methyl sites for hydroxylation is 1. The van der Waals surface area contributed by atoms with Crippen LogP contribution in [0.5, 0.6) is 0 Å². The Morgan fingerprint density at radius 2 is 1.81 bits per heavy atom. The number of sulfonamides is 1. The lowest BCUT2D eigenvalue weighted by Crippen LogP contribution is -2.30. The summed E-state index contributed by atoms with van der Waals surface area (Å²) in [6.07, 6.45) is 0.856. The third-order valence-corrected chi connectivity index (χ3v) is 5.87. The van der Waals surface area contributed by atoms with Gasteiger partial charge >= 0.3 is 5.97 Å². The number of nitrogens with zero attached hydrogens (tertiary/aromatic N) is 5. The van der Waals surface area contributed by atoms with Crippen LogP contribution in [0.15, 0.2) is 29.2 Å². The fourth-order valence-electron chi connectivity index (χ4n) is 2.40. The van der Waals surface area contributed by atoms with Crippen molar-refractivity contribution in [1.82, 2.24) is 24.5 Å². The summed E-state index contributed by atoms with van der Waals surface area (Å²) in [5.41, 5.74) is 0.262. The number of ether oxygens (including phenoxy) is 1. The summed E-state index contributed by atoms with van der Waals surface area (Å²) in [6.45, 7) is 6.90. The monoisotopic (exact) mass is 381 g/mol. The summed E-state index contributed by atoms with van der Waals surface area (Å²) >= 11 is 0. The Hall–Kier alpha value is -2.33. The summed E-state index contributed by atoms with van der Waals surface area (Å²) in [7, 11) is -3.55. The first-order valence-electron chi connectivity index (χ1n) is 8.46. The molecule has 9 nitrogen and oxygen atoms in total. The van der Waals surface area contributed by atoms with E-state index in [4.69, 9.17) is 4.74 Å². The fraction of sp³-hybridized carbons (Fsp3) is 0.500. The van der Waals surface area contributed by atoms with E-state index < -0.39 is 16.0 Å². The summed E-state index contributed by atoms with van der Waals surface area (Å²) in [5, 5.41) is 11.2. The van der Waals surface area contributed by atoms with Gasteiger partial charge in [-0.3, -0.25) is 0 Å². The molecule has 0 aliphatic heterocycles. The molecule has 2 aromatic rings. The molecule has 0 bridgehead atoms. The predicted molar refractivity (Wildman–Crippen MR) is 93.8 cm³/mol. The van der Waals surface area contributed by atoms with Crippen molar-refractivity contribution in [2.45, 2.75) is 45.2 Å². The Morgan fingerprint density at radius 3 is 2.38 bits per heavy atom. The molecule has 26 heavy (non-hydrogen) atoms. The van der Waals surface area contributed by atoms with E-state index in [2.05, 4.69) is 15.5 Å². The smallest absolute Gasteiger partial charge is 0.338 e. The highest BCUT2D eigenvalue weighted by atomic mass is 32.2. The van der Waals surface area contributed by atoms with Gasteiger partial charge in [0.2, 0.25) is 10.0 Å². The van der Waals surface area contributed by atoms with Crippen molar-refractivity contribution in [3.05, 3.63) is 35.7 Å². The Bertz CT molecular complexity index is 829. The third-order valence-electron chi connectivity index (χ3n) is 3.81. The van der Waals surface area contributed by atoms with Crippen molar-refractivity contribution in [1.29, 1.82) is 0 Å². The van der Waals surface area contributed by atoms with E-state index in [-0.39, 0.29) is 17.1 Å². The zero-order valence-corrected chi connectivity index (χ0v) is 15.9. The Kier molecular flexibility index (Phi) is 6.81. The second kappa shape index (κ2) is 8.86. The fourth-order valence-corrected chi connectivity index (χ4v) is 3.86. The molecule has 0 aliphatic carbocycles. The topological polar surface area (TPSA) is 107 Å². The molecule has 0 saturated carbocycles. The van der Waals surface area contributed by atoms with Gasteiger partial charge in [-0.15, -0.1) is 5.10 Å². The number of aromatic nitrogens is 4. The minimum Gasteiger partial charge on any atom is -0.454 e. The SMILES string of the molecule is CCCn1nnnc1COC(=O)c1ccc(S(=O)(=O)N(CC)CC)cc1. The van der Waals surface area contributed by atoms with Gasteiger partial charge in [-0.2, -0.15) is 4.31 Å². The number of carbonyl (C=O) groups excluding carboxylic acids is 1. The number of carbonyl (C=O) groups is 1. The van der Waals surface area contributed by atoms with Gasteiger partial charge in [0.15, 0.2) is 12.4 Å². The summed E-state index contributed by atoms with van der Waals surface area (Å²) in [5.74, 6) is -0.108. The van der Waals surface area contributed by atoms with Crippen molar-refractivity contribution in [2.24, 2.45) is 0 Å². The zero-order chi connectivity index (χ0) is 19.2. The molecule has 1 aromatic carbocycles. The van der Waals surface area contributed by atoms with Gasteiger partial charge in [0, 0.05) is 19.6 Å². The summed E-state index contributed by atoms with van der Waals surface area (Å²) in [4.78, 5) is 12.3. The maximum Gasteiger partial charge on any atom is 0.338 e. The van der Waals surface area contributed by atoms with Crippen LogP contribution in [0.4, 0.5) is 0 Å². The molecule has 1 aromatic heterocycles. The van der Waals surface area contributed by atoms with Crippen LogP contribution < -0.4 is 0 Å². The molecule has 1 heterocycles. The standard InChI is InChI=1S/C16H23N5O4S/c1-4-11-21-15(17-18-19-21)12-25-16(22)13-7-9-14(10-8-13)26(23,24)20(5-2)6-3/h7-10H,4-6,11-12H2,1-3H3. The van der Waals surface area contributed by atoms with Crippen LogP contribution in [0.1, 0.15) is 43.4 Å². The van der Waals surface area contributed by atoms with E-state index in [1.165, 1.54) is 28.6 Å². The Morgan fingerprint density at radius 1 is 1.15 bits per heavy atom. The van der Waals surface area contributed by atoms with E-state index in [0.717, 1.165) is 6.42 Å². The Labute approximate surface area is 153 Å². The molecule has 0 spiro atoms. The molecule has 0 atom stereocenters. The first-order valence-corrected chi connectivity index (χ1v) is 9.90. The molecule has 2 rings (SSSR count). The lowest BCUT2D eigenvalue weighted by atomic mass is 10.2. The molecular weight excluding hydrogens is 358 g/mol. The van der Waals surface area contributed by atoms with Crippen molar-refractivity contribution in [2.75, 3.05) is 13.1 Å². The number of hydrogen-bond acceptors (Lipinski definition) is 7. The molecule has 0 amide bonds. The molecule has 0 saturated heterocycles.